The van der Waals surface area contributed by atoms with Crippen molar-refractivity contribution in [3.8, 4) is 5.88 Å². The van der Waals surface area contributed by atoms with Gasteiger partial charge in [0.25, 0.3) is 5.69 Å². The average molecular weight is 524 g/mol. The fraction of sp³-hybridized carbons (Fsp3) is 0.421. The standard InChI is InChI=1S/C19H21BrF3N3O4S/c1-18(2,3)30-17-11-13(19(21,22)23)10-14(24-17)12-25(9-8-20)31(29)16-7-5-4-6-15(16)26(27)28/h4-7,10-11H,8-9,12H2,1-3H3. The van der Waals surface area contributed by atoms with E-state index in [1.54, 1.807) is 20.8 Å². The number of para-hydroxylation sites is 1. The summed E-state index contributed by atoms with van der Waals surface area (Å²) in [6.45, 7) is 4.93. The van der Waals surface area contributed by atoms with Gasteiger partial charge in [0.1, 0.15) is 21.5 Å². The van der Waals surface area contributed by atoms with Crippen molar-refractivity contribution < 1.29 is 27.0 Å². The van der Waals surface area contributed by atoms with Gasteiger partial charge in [0.2, 0.25) is 5.88 Å². The lowest BCUT2D eigenvalue weighted by atomic mass is 10.2. The van der Waals surface area contributed by atoms with Crippen LogP contribution in [0.15, 0.2) is 41.3 Å². The third kappa shape index (κ3) is 7.25. The Morgan fingerprint density at radius 2 is 1.87 bits per heavy atom. The van der Waals surface area contributed by atoms with E-state index in [1.165, 1.54) is 28.6 Å². The van der Waals surface area contributed by atoms with Crippen LogP contribution in [0.2, 0.25) is 0 Å². The van der Waals surface area contributed by atoms with Crippen LogP contribution in [0.3, 0.4) is 0 Å². The number of alkyl halides is 4. The van der Waals surface area contributed by atoms with Gasteiger partial charge in [-0.3, -0.25) is 10.1 Å². The molecule has 1 unspecified atom stereocenters. The summed E-state index contributed by atoms with van der Waals surface area (Å²) in [7, 11) is -2.01. The molecule has 0 saturated carbocycles. The van der Waals surface area contributed by atoms with Crippen LogP contribution in [0.5, 0.6) is 5.88 Å². The summed E-state index contributed by atoms with van der Waals surface area (Å²) < 4.78 is 60.1. The molecule has 1 atom stereocenters. The molecule has 0 spiro atoms. The highest BCUT2D eigenvalue weighted by Gasteiger charge is 2.33. The number of nitrogens with zero attached hydrogens (tertiary/aromatic N) is 3. The molecule has 0 aliphatic heterocycles. The summed E-state index contributed by atoms with van der Waals surface area (Å²) >= 11 is 3.22. The van der Waals surface area contributed by atoms with E-state index in [0.717, 1.165) is 12.1 Å². The zero-order valence-corrected chi connectivity index (χ0v) is 19.4. The zero-order valence-electron chi connectivity index (χ0n) is 17.0. The molecular weight excluding hydrogens is 503 g/mol. The van der Waals surface area contributed by atoms with Crippen LogP contribution in [0.25, 0.3) is 0 Å². The highest BCUT2D eigenvalue weighted by molar-refractivity contribution is 9.09. The van der Waals surface area contributed by atoms with E-state index < -0.39 is 33.2 Å². The number of nitro benzene ring substituents is 1. The molecule has 0 N–H and O–H groups in total. The Balaban J connectivity index is 2.45. The number of nitro groups is 1. The van der Waals surface area contributed by atoms with Gasteiger partial charge in [0, 0.05) is 24.0 Å². The minimum atomic E-state index is -4.63. The molecular formula is C19H21BrF3N3O4S. The minimum absolute atomic E-state index is 0.0260. The first kappa shape index (κ1) is 25.2. The van der Waals surface area contributed by atoms with Crippen molar-refractivity contribution in [3.05, 3.63) is 57.8 Å². The second kappa shape index (κ2) is 10.0. The summed E-state index contributed by atoms with van der Waals surface area (Å²) in [6.07, 6.45) is -4.63. The summed E-state index contributed by atoms with van der Waals surface area (Å²) in [5.74, 6) is -0.215. The third-order valence-corrected chi connectivity index (χ3v) is 5.61. The van der Waals surface area contributed by atoms with Crippen molar-refractivity contribution >= 4 is 32.6 Å². The Morgan fingerprint density at radius 1 is 1.23 bits per heavy atom. The van der Waals surface area contributed by atoms with Crippen molar-refractivity contribution in [2.24, 2.45) is 0 Å². The van der Waals surface area contributed by atoms with Crippen molar-refractivity contribution in [2.45, 2.75) is 44.0 Å². The van der Waals surface area contributed by atoms with Crippen molar-refractivity contribution in [1.29, 1.82) is 0 Å². The van der Waals surface area contributed by atoms with Crippen LogP contribution in [-0.2, 0) is 23.7 Å². The fourth-order valence-corrected chi connectivity index (χ4v) is 4.53. The van der Waals surface area contributed by atoms with Crippen LogP contribution < -0.4 is 4.74 Å². The van der Waals surface area contributed by atoms with Gasteiger partial charge in [-0.2, -0.15) is 13.2 Å². The van der Waals surface area contributed by atoms with Gasteiger partial charge in [-0.25, -0.2) is 13.5 Å². The molecule has 0 saturated heterocycles. The molecule has 1 aromatic heterocycles. The quantitative estimate of drug-likeness (QED) is 0.272. The van der Waals surface area contributed by atoms with Crippen LogP contribution in [-0.4, -0.2) is 35.9 Å². The average Bonchev–Trinajstić information content (AvgIpc) is 2.65. The Labute approximate surface area is 188 Å². The number of ether oxygens (including phenoxy) is 1. The second-order valence-electron chi connectivity index (χ2n) is 7.42. The van der Waals surface area contributed by atoms with E-state index >= 15 is 0 Å². The van der Waals surface area contributed by atoms with Crippen LogP contribution in [0, 0.1) is 10.1 Å². The predicted octanol–water partition coefficient (Wildman–Crippen LogP) is 5.11. The van der Waals surface area contributed by atoms with E-state index in [0.29, 0.717) is 5.33 Å². The highest BCUT2D eigenvalue weighted by Crippen LogP contribution is 2.33. The number of rotatable bonds is 8. The normalized spacial score (nSPS) is 13.3. The first-order valence-electron chi connectivity index (χ1n) is 9.05. The molecule has 2 aromatic rings. The van der Waals surface area contributed by atoms with Gasteiger partial charge in [-0.15, -0.1) is 0 Å². The van der Waals surface area contributed by atoms with Crippen LogP contribution in [0.4, 0.5) is 18.9 Å². The highest BCUT2D eigenvalue weighted by atomic mass is 79.9. The van der Waals surface area contributed by atoms with Gasteiger partial charge in [-0.1, -0.05) is 28.1 Å². The fourth-order valence-electron chi connectivity index (χ4n) is 2.56. The predicted molar refractivity (Wildman–Crippen MR) is 113 cm³/mol. The van der Waals surface area contributed by atoms with E-state index in [2.05, 4.69) is 20.9 Å². The summed E-state index contributed by atoms with van der Waals surface area (Å²) in [6, 6.07) is 7.18. The molecule has 0 aliphatic rings. The SMILES string of the molecule is CC(C)(C)Oc1cc(C(F)(F)F)cc(CN(CCBr)S(=O)c2ccccc2[N+](=O)[O-])n1. The first-order chi connectivity index (χ1) is 14.3. The second-order valence-corrected chi connectivity index (χ2v) is 9.67. The maximum absolute atomic E-state index is 13.4. The lowest BCUT2D eigenvalue weighted by molar-refractivity contribution is -0.387. The van der Waals surface area contributed by atoms with Crippen LogP contribution >= 0.6 is 15.9 Å². The molecule has 12 heteroatoms. The Morgan fingerprint density at radius 3 is 2.42 bits per heavy atom. The van der Waals surface area contributed by atoms with Gasteiger partial charge in [0.15, 0.2) is 0 Å². The Bertz CT molecular complexity index is 967. The molecule has 0 bridgehead atoms. The van der Waals surface area contributed by atoms with Crippen molar-refractivity contribution in [2.75, 3.05) is 11.9 Å². The zero-order chi connectivity index (χ0) is 23.4. The summed E-state index contributed by atoms with van der Waals surface area (Å²) in [5.41, 5.74) is -2.10. The van der Waals surface area contributed by atoms with Gasteiger partial charge in [0.05, 0.1) is 22.7 Å². The van der Waals surface area contributed by atoms with Gasteiger partial charge in [-0.05, 0) is 32.9 Å². The Hall–Kier alpha value is -2.05. The molecule has 170 valence electrons. The van der Waals surface area contributed by atoms with E-state index in [9.17, 15) is 27.5 Å². The molecule has 0 aliphatic carbocycles. The number of hydrogen-bond donors (Lipinski definition) is 0. The molecule has 1 aromatic carbocycles. The Kier molecular flexibility index (Phi) is 8.17. The molecule has 7 nitrogen and oxygen atoms in total. The molecule has 0 amide bonds. The molecule has 0 radical (unpaired) electrons. The molecule has 2 rings (SSSR count). The maximum atomic E-state index is 13.4. The van der Waals surface area contributed by atoms with Crippen LogP contribution in [0.1, 0.15) is 32.0 Å². The number of benzene rings is 1. The third-order valence-electron chi connectivity index (χ3n) is 3.75. The molecule has 1 heterocycles. The van der Waals surface area contributed by atoms with Gasteiger partial charge < -0.3 is 4.74 Å². The topological polar surface area (TPSA) is 85.6 Å². The summed E-state index contributed by atoms with van der Waals surface area (Å²) in [5, 5.41) is 11.6. The van der Waals surface area contributed by atoms with E-state index in [1.807, 2.05) is 0 Å². The monoisotopic (exact) mass is 523 g/mol. The van der Waals surface area contributed by atoms with E-state index in [-0.39, 0.29) is 35.2 Å². The lowest BCUT2D eigenvalue weighted by Gasteiger charge is -2.23. The van der Waals surface area contributed by atoms with Gasteiger partial charge >= 0.3 is 6.18 Å². The number of aromatic nitrogens is 1. The number of pyridine rings is 1. The largest absolute Gasteiger partial charge is 0.472 e. The smallest absolute Gasteiger partial charge is 0.416 e. The van der Waals surface area contributed by atoms with Crippen molar-refractivity contribution in [1.82, 2.24) is 9.29 Å². The number of hydrogen-bond acceptors (Lipinski definition) is 5. The number of halogens is 4. The molecule has 31 heavy (non-hydrogen) atoms. The van der Waals surface area contributed by atoms with Crippen molar-refractivity contribution in [3.63, 3.8) is 0 Å². The van der Waals surface area contributed by atoms with E-state index in [4.69, 9.17) is 4.74 Å². The summed E-state index contributed by atoms with van der Waals surface area (Å²) in [4.78, 5) is 14.7. The molecule has 0 fully saturated rings. The minimum Gasteiger partial charge on any atom is -0.472 e. The maximum Gasteiger partial charge on any atom is 0.416 e. The lowest BCUT2D eigenvalue weighted by Crippen LogP contribution is -2.29. The first-order valence-corrected chi connectivity index (χ1v) is 11.3.